The number of likely N-dealkylation sites (tertiary alicyclic amines) is 1. The summed E-state index contributed by atoms with van der Waals surface area (Å²) >= 11 is 0. The first-order valence-corrected chi connectivity index (χ1v) is 13.5. The first-order valence-electron chi connectivity index (χ1n) is 13.5. The number of carbonyl (C=O) groups excluding carboxylic acids is 1. The number of aryl methyl sites for hydroxylation is 1. The Morgan fingerprint density at radius 1 is 1.03 bits per heavy atom. The third kappa shape index (κ3) is 5.94. The quantitative estimate of drug-likeness (QED) is 0.267. The van der Waals surface area contributed by atoms with Crippen LogP contribution in [0.5, 0.6) is 0 Å². The second-order valence-corrected chi connectivity index (χ2v) is 10.5. The minimum atomic E-state index is -0.211. The minimum absolute atomic E-state index is 0.0251. The second-order valence-electron chi connectivity index (χ2n) is 10.5. The lowest BCUT2D eigenvalue weighted by Gasteiger charge is -2.32. The molecule has 4 aromatic rings. The maximum atomic E-state index is 13.5. The molecule has 1 aliphatic heterocycles. The molecule has 0 unspecified atom stereocenters. The zero-order chi connectivity index (χ0) is 25.8. The van der Waals surface area contributed by atoms with Crippen LogP contribution in [0.2, 0.25) is 0 Å². The van der Waals surface area contributed by atoms with Gasteiger partial charge in [0.15, 0.2) is 0 Å². The Morgan fingerprint density at radius 3 is 2.54 bits per heavy atom. The van der Waals surface area contributed by atoms with E-state index in [0.717, 1.165) is 67.8 Å². The number of halogens is 1. The molecule has 5 rings (SSSR count). The van der Waals surface area contributed by atoms with Gasteiger partial charge in [-0.15, -0.1) is 0 Å². The summed E-state index contributed by atoms with van der Waals surface area (Å²) in [6.45, 7) is 7.07. The molecule has 2 N–H and O–H groups in total. The summed E-state index contributed by atoms with van der Waals surface area (Å²) in [6.07, 6.45) is 4.33. The van der Waals surface area contributed by atoms with Gasteiger partial charge in [0.25, 0.3) is 0 Å². The number of hydrogen-bond acceptors (Lipinski definition) is 2. The van der Waals surface area contributed by atoms with Crippen molar-refractivity contribution in [2.75, 3.05) is 25.0 Å². The molecule has 5 heteroatoms. The number of aromatic amines is 1. The van der Waals surface area contributed by atoms with E-state index in [4.69, 9.17) is 0 Å². The molecule has 1 fully saturated rings. The van der Waals surface area contributed by atoms with E-state index in [1.807, 2.05) is 32.0 Å². The molecule has 0 bridgehead atoms. The van der Waals surface area contributed by atoms with Crippen molar-refractivity contribution in [3.05, 3.63) is 89.7 Å². The fraction of sp³-hybridized carbons (Fsp3) is 0.344. The van der Waals surface area contributed by atoms with E-state index in [2.05, 4.69) is 57.7 Å². The van der Waals surface area contributed by atoms with Crippen LogP contribution in [0.4, 0.5) is 10.1 Å². The summed E-state index contributed by atoms with van der Waals surface area (Å²) in [5.74, 6) is 0.357. The van der Waals surface area contributed by atoms with Crippen LogP contribution in [-0.2, 0) is 11.2 Å². The molecular weight excluding hydrogens is 461 g/mol. The topological polar surface area (TPSA) is 48.1 Å². The predicted molar refractivity (Wildman–Crippen MR) is 150 cm³/mol. The highest BCUT2D eigenvalue weighted by molar-refractivity contribution is 5.92. The fourth-order valence-electron chi connectivity index (χ4n) is 5.45. The van der Waals surface area contributed by atoms with Crippen LogP contribution in [0.25, 0.3) is 22.2 Å². The number of hydrogen-bond donors (Lipinski definition) is 2. The number of carbonyl (C=O) groups is 1. The van der Waals surface area contributed by atoms with Crippen LogP contribution in [0.1, 0.15) is 50.2 Å². The number of benzene rings is 3. The van der Waals surface area contributed by atoms with Gasteiger partial charge in [0.2, 0.25) is 5.91 Å². The van der Waals surface area contributed by atoms with Gasteiger partial charge in [-0.25, -0.2) is 4.39 Å². The molecule has 1 amide bonds. The van der Waals surface area contributed by atoms with E-state index >= 15 is 0 Å². The number of nitrogens with zero attached hydrogens (tertiary/aromatic N) is 1. The van der Waals surface area contributed by atoms with Crippen molar-refractivity contribution in [1.82, 2.24) is 9.88 Å². The van der Waals surface area contributed by atoms with Gasteiger partial charge in [-0.1, -0.05) is 44.2 Å². The highest BCUT2D eigenvalue weighted by Crippen LogP contribution is 2.33. The second kappa shape index (κ2) is 11.3. The molecular formula is C32H36FN3O. The molecule has 192 valence electrons. The number of rotatable bonds is 8. The number of nitrogens with one attached hydrogen (secondary N) is 2. The first kappa shape index (κ1) is 25.2. The molecule has 2 heterocycles. The van der Waals surface area contributed by atoms with Crippen LogP contribution in [-0.4, -0.2) is 35.4 Å². The lowest BCUT2D eigenvalue weighted by atomic mass is 9.89. The van der Waals surface area contributed by atoms with Gasteiger partial charge in [-0.3, -0.25) is 4.79 Å². The molecule has 0 saturated carbocycles. The molecule has 0 radical (unpaired) electrons. The van der Waals surface area contributed by atoms with Crippen LogP contribution >= 0.6 is 0 Å². The lowest BCUT2D eigenvalue weighted by Crippen LogP contribution is -2.33. The molecule has 1 aromatic heterocycles. The van der Waals surface area contributed by atoms with Gasteiger partial charge in [0.1, 0.15) is 5.82 Å². The maximum absolute atomic E-state index is 13.5. The molecule has 1 saturated heterocycles. The Morgan fingerprint density at radius 2 is 1.78 bits per heavy atom. The number of para-hydroxylation sites is 1. The first-order chi connectivity index (χ1) is 18.0. The monoisotopic (exact) mass is 497 g/mol. The summed E-state index contributed by atoms with van der Waals surface area (Å²) in [4.78, 5) is 18.2. The molecule has 0 spiro atoms. The Hall–Kier alpha value is -3.44. The van der Waals surface area contributed by atoms with Gasteiger partial charge in [0, 0.05) is 28.2 Å². The highest BCUT2D eigenvalue weighted by Gasteiger charge is 2.21. The Balaban J connectivity index is 1.19. The highest BCUT2D eigenvalue weighted by atomic mass is 19.1. The number of piperidine rings is 1. The normalized spacial score (nSPS) is 14.9. The number of anilines is 1. The molecule has 4 nitrogen and oxygen atoms in total. The Bertz CT molecular complexity index is 1350. The van der Waals surface area contributed by atoms with E-state index in [0.29, 0.717) is 5.92 Å². The van der Waals surface area contributed by atoms with Gasteiger partial charge in [-0.05, 0) is 110 Å². The average molecular weight is 498 g/mol. The van der Waals surface area contributed by atoms with E-state index < -0.39 is 0 Å². The van der Waals surface area contributed by atoms with E-state index in [1.54, 1.807) is 0 Å². The fourth-order valence-corrected chi connectivity index (χ4v) is 5.45. The predicted octanol–water partition coefficient (Wildman–Crippen LogP) is 7.38. The van der Waals surface area contributed by atoms with Crippen molar-refractivity contribution in [3.8, 4) is 11.3 Å². The summed E-state index contributed by atoms with van der Waals surface area (Å²) in [5.41, 5.74) is 6.80. The number of aromatic nitrogens is 1. The zero-order valence-electron chi connectivity index (χ0n) is 21.8. The average Bonchev–Trinajstić information content (AvgIpc) is 3.28. The van der Waals surface area contributed by atoms with E-state index in [-0.39, 0.29) is 17.6 Å². The zero-order valence-corrected chi connectivity index (χ0v) is 21.8. The molecule has 3 aromatic carbocycles. The number of H-pyrrole nitrogens is 1. The van der Waals surface area contributed by atoms with Gasteiger partial charge < -0.3 is 15.2 Å². The standard InChI is InChI=1S/C32H36FN3O/c1-22(2)32(37)34-27-8-5-7-25(21-27)23-16-19-36(20-17-23)18-6-10-29-28-9-3-4-11-30(28)35-31(29)24-12-14-26(33)15-13-24/h3-5,7-9,11-15,21-23,35H,6,10,16-20H2,1-2H3,(H,34,37). The third-order valence-electron chi connectivity index (χ3n) is 7.59. The third-order valence-corrected chi connectivity index (χ3v) is 7.59. The molecule has 1 aliphatic rings. The molecule has 0 aliphatic carbocycles. The van der Waals surface area contributed by atoms with Crippen LogP contribution < -0.4 is 5.32 Å². The Kier molecular flexibility index (Phi) is 7.71. The number of amides is 1. The van der Waals surface area contributed by atoms with Crippen molar-refractivity contribution in [1.29, 1.82) is 0 Å². The van der Waals surface area contributed by atoms with Crippen molar-refractivity contribution < 1.29 is 9.18 Å². The summed E-state index contributed by atoms with van der Waals surface area (Å²) in [5, 5.41) is 4.29. The van der Waals surface area contributed by atoms with Gasteiger partial charge in [-0.2, -0.15) is 0 Å². The summed E-state index contributed by atoms with van der Waals surface area (Å²) < 4.78 is 13.5. The SMILES string of the molecule is CC(C)C(=O)Nc1cccc(C2CCN(CCCc3c(-c4ccc(F)cc4)[nH]c4ccccc34)CC2)c1. The van der Waals surface area contributed by atoms with Crippen molar-refractivity contribution in [2.45, 2.75) is 45.4 Å². The van der Waals surface area contributed by atoms with E-state index in [9.17, 15) is 9.18 Å². The van der Waals surface area contributed by atoms with Crippen molar-refractivity contribution in [2.24, 2.45) is 5.92 Å². The van der Waals surface area contributed by atoms with Crippen LogP contribution in [0, 0.1) is 11.7 Å². The van der Waals surface area contributed by atoms with Crippen molar-refractivity contribution >= 4 is 22.5 Å². The van der Waals surface area contributed by atoms with E-state index in [1.165, 1.54) is 28.6 Å². The summed E-state index contributed by atoms with van der Waals surface area (Å²) in [7, 11) is 0. The van der Waals surface area contributed by atoms with Gasteiger partial charge >= 0.3 is 0 Å². The van der Waals surface area contributed by atoms with Gasteiger partial charge in [0.05, 0.1) is 0 Å². The largest absolute Gasteiger partial charge is 0.354 e. The van der Waals surface area contributed by atoms with Crippen molar-refractivity contribution in [3.63, 3.8) is 0 Å². The van der Waals surface area contributed by atoms with Crippen LogP contribution in [0.15, 0.2) is 72.8 Å². The maximum Gasteiger partial charge on any atom is 0.226 e. The Labute approximate surface area is 218 Å². The van der Waals surface area contributed by atoms with Crippen LogP contribution in [0.3, 0.4) is 0 Å². The minimum Gasteiger partial charge on any atom is -0.354 e. The smallest absolute Gasteiger partial charge is 0.226 e. The lowest BCUT2D eigenvalue weighted by molar-refractivity contribution is -0.118. The molecule has 0 atom stereocenters. The number of fused-ring (bicyclic) bond motifs is 1. The summed E-state index contributed by atoms with van der Waals surface area (Å²) in [6, 6.07) is 23.6. The molecule has 37 heavy (non-hydrogen) atoms.